The maximum absolute atomic E-state index is 9.02. The predicted molar refractivity (Wildman–Crippen MR) is 69.8 cm³/mol. The number of likely N-dealkylation sites (tertiary alicyclic amines) is 1. The highest BCUT2D eigenvalue weighted by molar-refractivity contribution is 6.58. The first-order chi connectivity index (χ1) is 8.75. The highest BCUT2D eigenvalue weighted by Crippen LogP contribution is 2.09. The van der Waals surface area contributed by atoms with Gasteiger partial charge >= 0.3 is 7.12 Å². The molecule has 0 radical (unpaired) electrons. The van der Waals surface area contributed by atoms with Crippen molar-refractivity contribution in [3.05, 3.63) is 18.5 Å². The fourth-order valence-electron chi connectivity index (χ4n) is 2.14. The molecule has 1 aromatic rings. The van der Waals surface area contributed by atoms with E-state index in [0.29, 0.717) is 17.8 Å². The number of hydrogen-bond donors (Lipinski definition) is 2. The Hall–Kier alpha value is -1.11. The minimum Gasteiger partial charge on any atom is -0.492 e. The van der Waals surface area contributed by atoms with E-state index in [1.165, 1.54) is 32.1 Å². The summed E-state index contributed by atoms with van der Waals surface area (Å²) in [6.07, 6.45) is 6.60. The molecule has 1 aliphatic heterocycles. The number of ether oxygens (including phenoxy) is 1. The Balaban J connectivity index is 1.70. The zero-order valence-electron chi connectivity index (χ0n) is 10.5. The van der Waals surface area contributed by atoms with Crippen molar-refractivity contribution in [3.8, 4) is 5.75 Å². The Morgan fingerprint density at radius 1 is 1.28 bits per heavy atom. The lowest BCUT2D eigenvalue weighted by Gasteiger charge is -2.14. The molecule has 98 valence electrons. The highest BCUT2D eigenvalue weighted by Gasteiger charge is 2.12. The minimum atomic E-state index is -1.49. The molecule has 0 bridgehead atoms. The molecular weight excluding hydrogens is 231 g/mol. The second-order valence-corrected chi connectivity index (χ2v) is 4.58. The Kier molecular flexibility index (Phi) is 4.98. The van der Waals surface area contributed by atoms with E-state index >= 15 is 0 Å². The molecule has 0 atom stereocenters. The van der Waals surface area contributed by atoms with Gasteiger partial charge in [-0.1, -0.05) is 0 Å². The summed E-state index contributed by atoms with van der Waals surface area (Å²) in [4.78, 5) is 6.35. The molecule has 1 aliphatic rings. The summed E-state index contributed by atoms with van der Waals surface area (Å²) >= 11 is 0. The van der Waals surface area contributed by atoms with Crippen LogP contribution in [0.4, 0.5) is 0 Å². The Bertz CT molecular complexity index is 370. The van der Waals surface area contributed by atoms with Gasteiger partial charge in [-0.15, -0.1) is 0 Å². The molecule has 2 N–H and O–H groups in total. The topological polar surface area (TPSA) is 65.8 Å². The van der Waals surface area contributed by atoms with Crippen LogP contribution in [0, 0.1) is 0 Å². The fourth-order valence-corrected chi connectivity index (χ4v) is 2.14. The van der Waals surface area contributed by atoms with Crippen LogP contribution >= 0.6 is 0 Å². The third kappa shape index (κ3) is 3.98. The van der Waals surface area contributed by atoms with Crippen LogP contribution in [0.1, 0.15) is 19.3 Å². The van der Waals surface area contributed by atoms with Gasteiger partial charge in [0.25, 0.3) is 0 Å². The maximum atomic E-state index is 9.02. The van der Waals surface area contributed by atoms with Gasteiger partial charge in [0.1, 0.15) is 5.75 Å². The van der Waals surface area contributed by atoms with Gasteiger partial charge in [-0.2, -0.15) is 0 Å². The van der Waals surface area contributed by atoms with Crippen molar-refractivity contribution < 1.29 is 14.8 Å². The SMILES string of the molecule is OB(O)c1cncc(OCCCN2CCCC2)c1. The third-order valence-corrected chi connectivity index (χ3v) is 3.12. The summed E-state index contributed by atoms with van der Waals surface area (Å²) in [5.41, 5.74) is 0.354. The largest absolute Gasteiger partial charge is 0.492 e. The zero-order valence-corrected chi connectivity index (χ0v) is 10.5. The van der Waals surface area contributed by atoms with E-state index in [0.717, 1.165) is 13.0 Å². The van der Waals surface area contributed by atoms with Gasteiger partial charge in [0.05, 0.1) is 12.8 Å². The van der Waals surface area contributed by atoms with Gasteiger partial charge in [-0.3, -0.25) is 4.98 Å². The average Bonchev–Trinajstić information content (AvgIpc) is 2.88. The standard InChI is InChI=1S/C12H19BN2O3/c16-13(17)11-8-12(10-14-9-11)18-7-3-6-15-4-1-2-5-15/h8-10,16-17H,1-7H2. The molecule has 2 heterocycles. The van der Waals surface area contributed by atoms with E-state index in [1.807, 2.05) is 0 Å². The van der Waals surface area contributed by atoms with E-state index in [9.17, 15) is 0 Å². The molecule has 1 saturated heterocycles. The highest BCUT2D eigenvalue weighted by atomic mass is 16.5. The summed E-state index contributed by atoms with van der Waals surface area (Å²) < 4.78 is 5.55. The Morgan fingerprint density at radius 3 is 2.78 bits per heavy atom. The van der Waals surface area contributed by atoms with Crippen molar-refractivity contribution in [2.24, 2.45) is 0 Å². The lowest BCUT2D eigenvalue weighted by atomic mass is 9.82. The molecular formula is C12H19BN2O3. The first-order valence-corrected chi connectivity index (χ1v) is 6.42. The van der Waals surface area contributed by atoms with Crippen molar-refractivity contribution in [3.63, 3.8) is 0 Å². The molecule has 0 unspecified atom stereocenters. The lowest BCUT2D eigenvalue weighted by molar-refractivity contribution is 0.263. The molecule has 1 aromatic heterocycles. The molecule has 1 fully saturated rings. The van der Waals surface area contributed by atoms with Crippen LogP contribution in [0.5, 0.6) is 5.75 Å². The fraction of sp³-hybridized carbons (Fsp3) is 0.583. The van der Waals surface area contributed by atoms with Crippen molar-refractivity contribution in [1.82, 2.24) is 9.88 Å². The minimum absolute atomic E-state index is 0.354. The van der Waals surface area contributed by atoms with Gasteiger partial charge in [0, 0.05) is 18.2 Å². The van der Waals surface area contributed by atoms with Gasteiger partial charge in [0.15, 0.2) is 0 Å². The average molecular weight is 250 g/mol. The molecule has 0 amide bonds. The van der Waals surface area contributed by atoms with E-state index in [-0.39, 0.29) is 0 Å². The summed E-state index contributed by atoms with van der Waals surface area (Å²) in [6, 6.07) is 1.60. The summed E-state index contributed by atoms with van der Waals surface area (Å²) in [6.45, 7) is 4.10. The summed E-state index contributed by atoms with van der Waals surface area (Å²) in [5, 5.41) is 18.0. The molecule has 2 rings (SSSR count). The van der Waals surface area contributed by atoms with Gasteiger partial charge in [-0.05, 0) is 38.4 Å². The van der Waals surface area contributed by atoms with Crippen molar-refractivity contribution in [2.45, 2.75) is 19.3 Å². The summed E-state index contributed by atoms with van der Waals surface area (Å²) in [5.74, 6) is 0.585. The Labute approximate surface area is 108 Å². The predicted octanol–water partition coefficient (Wildman–Crippen LogP) is -0.374. The monoisotopic (exact) mass is 250 g/mol. The molecule has 0 spiro atoms. The maximum Gasteiger partial charge on any atom is 0.490 e. The number of nitrogens with zero attached hydrogens (tertiary/aromatic N) is 2. The molecule has 0 aliphatic carbocycles. The number of hydrogen-bond acceptors (Lipinski definition) is 5. The van der Waals surface area contributed by atoms with E-state index in [2.05, 4.69) is 9.88 Å². The van der Waals surface area contributed by atoms with Crippen molar-refractivity contribution >= 4 is 12.6 Å². The first-order valence-electron chi connectivity index (χ1n) is 6.42. The van der Waals surface area contributed by atoms with Crippen LogP contribution in [-0.4, -0.2) is 53.3 Å². The Morgan fingerprint density at radius 2 is 2.06 bits per heavy atom. The zero-order chi connectivity index (χ0) is 12.8. The van der Waals surface area contributed by atoms with Crippen LogP contribution in [-0.2, 0) is 0 Å². The second-order valence-electron chi connectivity index (χ2n) is 4.58. The van der Waals surface area contributed by atoms with E-state index in [1.54, 1.807) is 12.3 Å². The van der Waals surface area contributed by atoms with Gasteiger partial charge in [-0.25, -0.2) is 0 Å². The van der Waals surface area contributed by atoms with Crippen LogP contribution in [0.25, 0.3) is 0 Å². The number of rotatable bonds is 6. The molecule has 6 heteroatoms. The summed E-state index contributed by atoms with van der Waals surface area (Å²) in [7, 11) is -1.49. The van der Waals surface area contributed by atoms with E-state index in [4.69, 9.17) is 14.8 Å². The third-order valence-electron chi connectivity index (χ3n) is 3.12. The lowest BCUT2D eigenvalue weighted by Crippen LogP contribution is -2.30. The van der Waals surface area contributed by atoms with Crippen LogP contribution < -0.4 is 10.2 Å². The molecule has 0 aromatic carbocycles. The quantitative estimate of drug-likeness (QED) is 0.532. The van der Waals surface area contributed by atoms with E-state index < -0.39 is 7.12 Å². The number of aromatic nitrogens is 1. The van der Waals surface area contributed by atoms with Crippen LogP contribution in [0.15, 0.2) is 18.5 Å². The first kappa shape index (κ1) is 13.3. The molecule has 5 nitrogen and oxygen atoms in total. The molecule has 0 saturated carbocycles. The second kappa shape index (κ2) is 6.73. The number of pyridine rings is 1. The van der Waals surface area contributed by atoms with Crippen molar-refractivity contribution in [1.29, 1.82) is 0 Å². The van der Waals surface area contributed by atoms with Gasteiger partial charge < -0.3 is 19.7 Å². The van der Waals surface area contributed by atoms with Crippen LogP contribution in [0.2, 0.25) is 0 Å². The smallest absolute Gasteiger partial charge is 0.490 e. The van der Waals surface area contributed by atoms with Crippen LogP contribution in [0.3, 0.4) is 0 Å². The van der Waals surface area contributed by atoms with Crippen molar-refractivity contribution in [2.75, 3.05) is 26.2 Å². The normalized spacial score (nSPS) is 15.9. The van der Waals surface area contributed by atoms with Gasteiger partial charge in [0.2, 0.25) is 0 Å². The molecule has 18 heavy (non-hydrogen) atoms.